The molecule has 1 fully saturated rings. The largest absolute Gasteiger partial charge is 0.351 e. The van der Waals surface area contributed by atoms with Crippen LogP contribution in [0, 0.1) is 6.92 Å². The van der Waals surface area contributed by atoms with Gasteiger partial charge in [0.1, 0.15) is 6.04 Å². The topological polar surface area (TPSA) is 95.9 Å². The van der Waals surface area contributed by atoms with E-state index in [0.29, 0.717) is 11.6 Å². The van der Waals surface area contributed by atoms with E-state index in [1.807, 2.05) is 18.7 Å². The van der Waals surface area contributed by atoms with Crippen LogP contribution in [-0.2, 0) is 4.79 Å². The van der Waals surface area contributed by atoms with Gasteiger partial charge in [-0.2, -0.15) is 5.10 Å². The SMILES string of the molecule is Cc1cc(=O)[nH]c(N2CCC(NC(=O)C(C)n3cccn3)CC2)n1. The molecule has 0 aliphatic carbocycles. The number of nitrogens with zero attached hydrogens (tertiary/aromatic N) is 4. The van der Waals surface area contributed by atoms with Gasteiger partial charge in [0.2, 0.25) is 11.9 Å². The zero-order chi connectivity index (χ0) is 17.1. The van der Waals surface area contributed by atoms with Crippen LogP contribution in [-0.4, -0.2) is 44.8 Å². The second kappa shape index (κ2) is 6.86. The van der Waals surface area contributed by atoms with Gasteiger partial charge in [-0.05, 0) is 32.8 Å². The van der Waals surface area contributed by atoms with Gasteiger partial charge < -0.3 is 10.2 Å². The van der Waals surface area contributed by atoms with E-state index in [-0.39, 0.29) is 23.6 Å². The molecule has 8 heteroatoms. The summed E-state index contributed by atoms with van der Waals surface area (Å²) in [6.07, 6.45) is 5.08. The highest BCUT2D eigenvalue weighted by molar-refractivity contribution is 5.80. The van der Waals surface area contributed by atoms with Gasteiger partial charge in [-0.1, -0.05) is 0 Å². The van der Waals surface area contributed by atoms with E-state index in [2.05, 4.69) is 20.4 Å². The Kier molecular flexibility index (Phi) is 4.64. The van der Waals surface area contributed by atoms with E-state index < -0.39 is 0 Å². The summed E-state index contributed by atoms with van der Waals surface area (Å²) >= 11 is 0. The summed E-state index contributed by atoms with van der Waals surface area (Å²) in [6.45, 7) is 5.13. The molecule has 2 N–H and O–H groups in total. The van der Waals surface area contributed by atoms with Crippen molar-refractivity contribution in [2.45, 2.75) is 38.8 Å². The highest BCUT2D eigenvalue weighted by atomic mass is 16.2. The van der Waals surface area contributed by atoms with E-state index in [1.165, 1.54) is 6.07 Å². The third-order valence-corrected chi connectivity index (χ3v) is 4.30. The number of H-pyrrole nitrogens is 1. The lowest BCUT2D eigenvalue weighted by atomic mass is 10.0. The van der Waals surface area contributed by atoms with Gasteiger partial charge >= 0.3 is 0 Å². The summed E-state index contributed by atoms with van der Waals surface area (Å²) in [4.78, 5) is 33.1. The van der Waals surface area contributed by atoms with E-state index in [9.17, 15) is 9.59 Å². The number of rotatable bonds is 4. The standard InChI is InChI=1S/C16H22N6O2/c1-11-10-14(23)20-16(18-11)21-8-4-13(5-9-21)19-15(24)12(2)22-7-3-6-17-22/h3,6-7,10,12-13H,4-5,8-9H2,1-2H3,(H,19,24)(H,18,20,23). The third kappa shape index (κ3) is 3.64. The number of piperidine rings is 1. The number of aryl methyl sites for hydroxylation is 1. The van der Waals surface area contributed by atoms with Crippen LogP contribution < -0.4 is 15.8 Å². The maximum absolute atomic E-state index is 12.3. The van der Waals surface area contributed by atoms with Crippen molar-refractivity contribution >= 4 is 11.9 Å². The molecular formula is C16H22N6O2. The number of carbonyl (C=O) groups excluding carboxylic acids is 1. The van der Waals surface area contributed by atoms with E-state index in [0.717, 1.165) is 25.9 Å². The van der Waals surface area contributed by atoms with Crippen molar-refractivity contribution in [3.63, 3.8) is 0 Å². The van der Waals surface area contributed by atoms with Crippen LogP contribution in [0.5, 0.6) is 0 Å². The Labute approximate surface area is 139 Å². The van der Waals surface area contributed by atoms with E-state index in [1.54, 1.807) is 23.1 Å². The summed E-state index contributed by atoms with van der Waals surface area (Å²) in [5, 5.41) is 7.19. The molecule has 1 amide bonds. The minimum atomic E-state index is -0.326. The molecule has 1 aliphatic rings. The second-order valence-corrected chi connectivity index (χ2v) is 6.14. The fourth-order valence-electron chi connectivity index (χ4n) is 2.90. The van der Waals surface area contributed by atoms with Crippen molar-refractivity contribution in [2.75, 3.05) is 18.0 Å². The van der Waals surface area contributed by atoms with Crippen LogP contribution in [0.2, 0.25) is 0 Å². The van der Waals surface area contributed by atoms with Gasteiger partial charge in [-0.25, -0.2) is 4.98 Å². The van der Waals surface area contributed by atoms with Gasteiger partial charge in [0.25, 0.3) is 5.56 Å². The molecule has 2 aromatic rings. The van der Waals surface area contributed by atoms with E-state index >= 15 is 0 Å². The molecule has 1 unspecified atom stereocenters. The second-order valence-electron chi connectivity index (χ2n) is 6.14. The predicted octanol–water partition coefficient (Wildman–Crippen LogP) is 0.621. The molecular weight excluding hydrogens is 308 g/mol. The normalized spacial score (nSPS) is 16.8. The Morgan fingerprint density at radius 3 is 2.79 bits per heavy atom. The zero-order valence-corrected chi connectivity index (χ0v) is 13.9. The van der Waals surface area contributed by atoms with Crippen molar-refractivity contribution in [1.29, 1.82) is 0 Å². The third-order valence-electron chi connectivity index (χ3n) is 4.30. The van der Waals surface area contributed by atoms with E-state index in [4.69, 9.17) is 0 Å². The number of hydrogen-bond acceptors (Lipinski definition) is 5. The number of carbonyl (C=O) groups is 1. The molecule has 1 saturated heterocycles. The highest BCUT2D eigenvalue weighted by Gasteiger charge is 2.24. The molecule has 128 valence electrons. The fourth-order valence-corrected chi connectivity index (χ4v) is 2.90. The van der Waals surface area contributed by atoms with Crippen LogP contribution in [0.15, 0.2) is 29.3 Å². The van der Waals surface area contributed by atoms with Gasteiger partial charge in [0.05, 0.1) is 0 Å². The Morgan fingerprint density at radius 1 is 1.42 bits per heavy atom. The predicted molar refractivity (Wildman–Crippen MR) is 89.9 cm³/mol. The molecule has 0 radical (unpaired) electrons. The molecule has 1 aliphatic heterocycles. The highest BCUT2D eigenvalue weighted by Crippen LogP contribution is 2.16. The van der Waals surface area contributed by atoms with Crippen molar-refractivity contribution in [3.05, 3.63) is 40.6 Å². The lowest BCUT2D eigenvalue weighted by Gasteiger charge is -2.33. The molecule has 3 heterocycles. The molecule has 0 spiro atoms. The summed E-state index contributed by atoms with van der Waals surface area (Å²) in [7, 11) is 0. The molecule has 0 bridgehead atoms. The molecule has 1 atom stereocenters. The molecule has 3 rings (SSSR count). The molecule has 2 aromatic heterocycles. The maximum Gasteiger partial charge on any atom is 0.252 e. The summed E-state index contributed by atoms with van der Waals surface area (Å²) < 4.78 is 1.64. The van der Waals surface area contributed by atoms with Crippen LogP contribution in [0.25, 0.3) is 0 Å². The van der Waals surface area contributed by atoms with Gasteiger partial charge in [0, 0.05) is 43.3 Å². The van der Waals surface area contributed by atoms with Gasteiger partial charge in [0.15, 0.2) is 0 Å². The number of hydrogen-bond donors (Lipinski definition) is 2. The lowest BCUT2D eigenvalue weighted by molar-refractivity contribution is -0.125. The average molecular weight is 330 g/mol. The smallest absolute Gasteiger partial charge is 0.252 e. The Morgan fingerprint density at radius 2 is 2.17 bits per heavy atom. The number of nitrogens with one attached hydrogen (secondary N) is 2. The Balaban J connectivity index is 1.55. The van der Waals surface area contributed by atoms with Crippen LogP contribution in [0.1, 0.15) is 31.5 Å². The first kappa shape index (κ1) is 16.2. The first-order valence-corrected chi connectivity index (χ1v) is 8.15. The molecule has 0 saturated carbocycles. The van der Waals surface area contributed by atoms with Gasteiger partial charge in [-0.3, -0.25) is 19.3 Å². The summed E-state index contributed by atoms with van der Waals surface area (Å²) in [5.74, 6) is 0.578. The van der Waals surface area contributed by atoms with Gasteiger partial charge in [-0.15, -0.1) is 0 Å². The number of aromatic amines is 1. The quantitative estimate of drug-likeness (QED) is 0.857. The molecule has 0 aromatic carbocycles. The zero-order valence-electron chi connectivity index (χ0n) is 13.9. The van der Waals surface area contributed by atoms with Crippen LogP contribution in [0.3, 0.4) is 0 Å². The lowest BCUT2D eigenvalue weighted by Crippen LogP contribution is -2.47. The summed E-state index contributed by atoms with van der Waals surface area (Å²) in [5.41, 5.74) is 0.568. The first-order valence-electron chi connectivity index (χ1n) is 8.15. The van der Waals surface area contributed by atoms with Crippen LogP contribution in [0.4, 0.5) is 5.95 Å². The van der Waals surface area contributed by atoms with Crippen LogP contribution >= 0.6 is 0 Å². The monoisotopic (exact) mass is 330 g/mol. The van der Waals surface area contributed by atoms with Crippen molar-refractivity contribution < 1.29 is 4.79 Å². The number of anilines is 1. The first-order chi connectivity index (χ1) is 11.5. The maximum atomic E-state index is 12.3. The fraction of sp³-hybridized carbons (Fsp3) is 0.500. The number of amides is 1. The average Bonchev–Trinajstić information content (AvgIpc) is 3.08. The number of aromatic nitrogens is 4. The minimum absolute atomic E-state index is 0.0285. The molecule has 8 nitrogen and oxygen atoms in total. The Bertz CT molecular complexity index is 746. The molecule has 24 heavy (non-hydrogen) atoms. The van der Waals surface area contributed by atoms with Crippen molar-refractivity contribution in [2.24, 2.45) is 0 Å². The van der Waals surface area contributed by atoms with Crippen molar-refractivity contribution in [1.82, 2.24) is 25.1 Å². The Hall–Kier alpha value is -2.64. The van der Waals surface area contributed by atoms with Crippen molar-refractivity contribution in [3.8, 4) is 0 Å². The summed E-state index contributed by atoms with van der Waals surface area (Å²) in [6, 6.07) is 3.08. The minimum Gasteiger partial charge on any atom is -0.351 e.